The predicted molar refractivity (Wildman–Crippen MR) is 66.0 cm³/mol. The smallest absolute Gasteiger partial charge is 0.289 e. The fourth-order valence-corrected chi connectivity index (χ4v) is 1.79. The van der Waals surface area contributed by atoms with Crippen molar-refractivity contribution >= 4 is 23.3 Å². The summed E-state index contributed by atoms with van der Waals surface area (Å²) in [6.45, 7) is 1.92. The highest BCUT2D eigenvalue weighted by Crippen LogP contribution is 2.09. The lowest BCUT2D eigenvalue weighted by atomic mass is 10.2. The number of hydrogen-bond acceptors (Lipinski definition) is 3. The van der Waals surface area contributed by atoms with E-state index in [1.54, 1.807) is 24.2 Å². The number of carbonyl (C=O) groups excluding carboxylic acids is 1. The first kappa shape index (κ1) is 11.9. The minimum atomic E-state index is -0.0753. The normalized spacial score (nSPS) is 18.4. The summed E-state index contributed by atoms with van der Waals surface area (Å²) < 4.78 is 0. The van der Waals surface area contributed by atoms with Crippen LogP contribution in [-0.2, 0) is 11.3 Å². The van der Waals surface area contributed by atoms with Crippen LogP contribution in [0.15, 0.2) is 23.3 Å². The second kappa shape index (κ2) is 5.14. The summed E-state index contributed by atoms with van der Waals surface area (Å²) in [6.07, 6.45) is 1.68. The Morgan fingerprint density at radius 1 is 1.59 bits per heavy atom. The molecule has 2 rings (SSSR count). The molecule has 1 aliphatic heterocycles. The van der Waals surface area contributed by atoms with Gasteiger partial charge in [0.05, 0.1) is 0 Å². The van der Waals surface area contributed by atoms with Gasteiger partial charge < -0.3 is 10.2 Å². The third kappa shape index (κ3) is 2.74. The Labute approximate surface area is 105 Å². The van der Waals surface area contributed by atoms with Crippen molar-refractivity contribution in [3.63, 3.8) is 0 Å². The Kier molecular flexibility index (Phi) is 3.58. The van der Waals surface area contributed by atoms with Crippen molar-refractivity contribution in [2.24, 2.45) is 4.99 Å². The number of amides is 1. The Balaban J connectivity index is 2.08. The first-order chi connectivity index (χ1) is 8.20. The van der Waals surface area contributed by atoms with Crippen molar-refractivity contribution in [1.82, 2.24) is 15.2 Å². The van der Waals surface area contributed by atoms with Crippen molar-refractivity contribution < 1.29 is 4.79 Å². The van der Waals surface area contributed by atoms with Crippen LogP contribution in [0.1, 0.15) is 5.56 Å². The van der Waals surface area contributed by atoms with Crippen LogP contribution in [0.5, 0.6) is 0 Å². The number of nitrogens with one attached hydrogen (secondary N) is 1. The Morgan fingerprint density at radius 2 is 2.41 bits per heavy atom. The molecule has 1 amide bonds. The van der Waals surface area contributed by atoms with Gasteiger partial charge in [-0.3, -0.25) is 9.79 Å². The maximum atomic E-state index is 11.9. The minimum absolute atomic E-state index is 0.0753. The molecular weight excluding hydrogens is 240 g/mol. The van der Waals surface area contributed by atoms with Crippen LogP contribution in [0, 0.1) is 0 Å². The third-order valence-corrected chi connectivity index (χ3v) is 2.77. The molecule has 5 nitrogen and oxygen atoms in total. The van der Waals surface area contributed by atoms with Gasteiger partial charge in [-0.2, -0.15) is 0 Å². The molecule has 0 aromatic carbocycles. The first-order valence-corrected chi connectivity index (χ1v) is 5.69. The van der Waals surface area contributed by atoms with Gasteiger partial charge in [-0.1, -0.05) is 17.7 Å². The van der Waals surface area contributed by atoms with E-state index in [2.05, 4.69) is 15.3 Å². The first-order valence-electron chi connectivity index (χ1n) is 5.31. The molecule has 17 heavy (non-hydrogen) atoms. The molecule has 1 aromatic heterocycles. The molecule has 0 spiro atoms. The highest BCUT2D eigenvalue weighted by atomic mass is 35.5. The zero-order valence-corrected chi connectivity index (χ0v) is 10.2. The van der Waals surface area contributed by atoms with Gasteiger partial charge in [0, 0.05) is 32.9 Å². The van der Waals surface area contributed by atoms with E-state index in [0.717, 1.165) is 12.1 Å². The highest BCUT2D eigenvalue weighted by Gasteiger charge is 2.23. The zero-order valence-electron chi connectivity index (χ0n) is 9.48. The van der Waals surface area contributed by atoms with Crippen LogP contribution in [0.4, 0.5) is 0 Å². The number of halogens is 1. The van der Waals surface area contributed by atoms with Gasteiger partial charge in [0.2, 0.25) is 0 Å². The van der Waals surface area contributed by atoms with Gasteiger partial charge in [0.25, 0.3) is 5.91 Å². The number of aliphatic imine (C=N–C) groups is 1. The van der Waals surface area contributed by atoms with Crippen LogP contribution >= 0.6 is 11.6 Å². The van der Waals surface area contributed by atoms with Crippen molar-refractivity contribution in [2.75, 3.05) is 20.1 Å². The molecule has 1 aliphatic rings. The molecule has 0 unspecified atom stereocenters. The van der Waals surface area contributed by atoms with Crippen LogP contribution in [0.3, 0.4) is 0 Å². The van der Waals surface area contributed by atoms with E-state index >= 15 is 0 Å². The van der Waals surface area contributed by atoms with Crippen LogP contribution in [0.25, 0.3) is 0 Å². The lowest BCUT2D eigenvalue weighted by Crippen LogP contribution is -2.51. The minimum Gasteiger partial charge on any atom is -0.364 e. The van der Waals surface area contributed by atoms with E-state index in [9.17, 15) is 4.79 Å². The number of aromatic nitrogens is 1. The monoisotopic (exact) mass is 252 g/mol. The molecule has 6 heteroatoms. The molecule has 1 N–H and O–H groups in total. The van der Waals surface area contributed by atoms with Crippen LogP contribution in [0.2, 0.25) is 5.15 Å². The van der Waals surface area contributed by atoms with Crippen LogP contribution < -0.4 is 5.32 Å². The molecular formula is C11H13ClN4O. The molecule has 0 aliphatic carbocycles. The van der Waals surface area contributed by atoms with E-state index in [-0.39, 0.29) is 5.91 Å². The summed E-state index contributed by atoms with van der Waals surface area (Å²) in [4.78, 5) is 21.6. The van der Waals surface area contributed by atoms with E-state index in [0.29, 0.717) is 24.1 Å². The summed E-state index contributed by atoms with van der Waals surface area (Å²) in [7, 11) is 1.60. The van der Waals surface area contributed by atoms with E-state index < -0.39 is 0 Å². The van der Waals surface area contributed by atoms with Gasteiger partial charge in [-0.05, 0) is 11.6 Å². The number of nitrogens with zero attached hydrogens (tertiary/aromatic N) is 3. The van der Waals surface area contributed by atoms with Gasteiger partial charge >= 0.3 is 0 Å². The number of carbonyl (C=O) groups is 1. The number of amidine groups is 1. The highest BCUT2D eigenvalue weighted by molar-refractivity contribution is 6.38. The van der Waals surface area contributed by atoms with Gasteiger partial charge in [0.15, 0.2) is 5.84 Å². The van der Waals surface area contributed by atoms with Gasteiger partial charge in [-0.25, -0.2) is 4.98 Å². The summed E-state index contributed by atoms with van der Waals surface area (Å²) in [5.74, 6) is 0.340. The number of rotatable bonds is 2. The maximum absolute atomic E-state index is 11.9. The van der Waals surface area contributed by atoms with Gasteiger partial charge in [-0.15, -0.1) is 0 Å². The van der Waals surface area contributed by atoms with Crippen LogP contribution in [-0.4, -0.2) is 41.8 Å². The zero-order chi connectivity index (χ0) is 12.3. The second-order valence-corrected chi connectivity index (χ2v) is 4.10. The molecule has 1 fully saturated rings. The SMILES string of the molecule is CN=C1NCCN(Cc2ccc(Cl)nc2)C1=O. The Morgan fingerprint density at radius 3 is 3.06 bits per heavy atom. The fourth-order valence-electron chi connectivity index (χ4n) is 1.68. The molecule has 2 heterocycles. The molecule has 0 atom stereocenters. The molecule has 1 saturated heterocycles. The summed E-state index contributed by atoms with van der Waals surface area (Å²) in [5, 5.41) is 3.42. The summed E-state index contributed by atoms with van der Waals surface area (Å²) in [6, 6.07) is 3.59. The summed E-state index contributed by atoms with van der Waals surface area (Å²) in [5.41, 5.74) is 0.958. The quantitative estimate of drug-likeness (QED) is 0.788. The second-order valence-electron chi connectivity index (χ2n) is 3.71. The van der Waals surface area contributed by atoms with Crippen molar-refractivity contribution in [3.05, 3.63) is 29.0 Å². The third-order valence-electron chi connectivity index (χ3n) is 2.55. The topological polar surface area (TPSA) is 57.6 Å². The van der Waals surface area contributed by atoms with Gasteiger partial charge in [0.1, 0.15) is 5.15 Å². The number of piperazine rings is 1. The number of pyridine rings is 1. The van der Waals surface area contributed by atoms with Crippen molar-refractivity contribution in [1.29, 1.82) is 0 Å². The Bertz CT molecular complexity index is 443. The molecule has 0 saturated carbocycles. The largest absolute Gasteiger partial charge is 0.364 e. The molecule has 0 bridgehead atoms. The molecule has 90 valence electrons. The van der Waals surface area contributed by atoms with E-state index in [1.165, 1.54) is 0 Å². The predicted octanol–water partition coefficient (Wildman–Crippen LogP) is 0.695. The standard InChI is InChI=1S/C11H13ClN4O/c1-13-10-11(17)16(5-4-14-10)7-8-2-3-9(12)15-6-8/h2-3,6H,4-5,7H2,1H3,(H,13,14). The fraction of sp³-hybridized carbons (Fsp3) is 0.364. The number of hydrogen-bond donors (Lipinski definition) is 1. The Hall–Kier alpha value is -1.62. The maximum Gasteiger partial charge on any atom is 0.289 e. The lowest BCUT2D eigenvalue weighted by molar-refractivity contribution is -0.125. The lowest BCUT2D eigenvalue weighted by Gasteiger charge is -2.28. The molecule has 1 aromatic rings. The average Bonchev–Trinajstić information content (AvgIpc) is 2.35. The van der Waals surface area contributed by atoms with E-state index in [4.69, 9.17) is 11.6 Å². The van der Waals surface area contributed by atoms with E-state index in [1.807, 2.05) is 6.07 Å². The van der Waals surface area contributed by atoms with Crippen molar-refractivity contribution in [2.45, 2.75) is 6.54 Å². The van der Waals surface area contributed by atoms with Crippen molar-refractivity contribution in [3.8, 4) is 0 Å². The molecule has 0 radical (unpaired) electrons. The summed E-state index contributed by atoms with van der Waals surface area (Å²) >= 11 is 5.71. The average molecular weight is 253 g/mol.